The summed E-state index contributed by atoms with van der Waals surface area (Å²) in [6, 6.07) is -0.760. The van der Waals surface area contributed by atoms with Gasteiger partial charge in [0.25, 0.3) is 10.1 Å². The highest BCUT2D eigenvalue weighted by molar-refractivity contribution is 7.85. The molecule has 0 saturated heterocycles. The molecule has 0 aliphatic rings. The third-order valence-corrected chi connectivity index (χ3v) is 2.31. The Labute approximate surface area is 82.0 Å². The molecule has 1 atom stereocenters. The van der Waals surface area contributed by atoms with Crippen LogP contribution >= 0.6 is 12.6 Å². The minimum atomic E-state index is -4.03. The summed E-state index contributed by atoms with van der Waals surface area (Å²) in [6.07, 6.45) is 0. The van der Waals surface area contributed by atoms with Crippen molar-refractivity contribution in [2.75, 3.05) is 18.1 Å². The summed E-state index contributed by atoms with van der Waals surface area (Å²) in [4.78, 5) is 10.9. The van der Waals surface area contributed by atoms with Gasteiger partial charge in [0.1, 0.15) is 0 Å². The number of nitrogens with one attached hydrogen (secondary N) is 1. The number of nitrogens with two attached hydrogens (primary N) is 1. The van der Waals surface area contributed by atoms with Crippen LogP contribution in [0.3, 0.4) is 0 Å². The fourth-order valence-electron chi connectivity index (χ4n) is 0.517. The van der Waals surface area contributed by atoms with E-state index in [0.29, 0.717) is 0 Å². The summed E-state index contributed by atoms with van der Waals surface area (Å²) >= 11 is 3.78. The predicted octanol–water partition coefficient (Wildman–Crippen LogP) is -1.75. The number of carbonyl (C=O) groups is 1. The standard InChI is InChI=1S/C5H12N2O4S2/c6-4(3-12)5(8)7-1-2-13(9,10)11/h4,12H,1-3,6H2,(H,7,8)(H,9,10,11)/t4-/m0/s1. The van der Waals surface area contributed by atoms with Gasteiger partial charge in [0.2, 0.25) is 5.91 Å². The average Bonchev–Trinajstić information content (AvgIpc) is 2.00. The lowest BCUT2D eigenvalue weighted by molar-refractivity contribution is -0.121. The number of hydrogen-bond donors (Lipinski definition) is 4. The third kappa shape index (κ3) is 6.82. The fraction of sp³-hybridized carbons (Fsp3) is 0.800. The molecule has 0 aromatic rings. The van der Waals surface area contributed by atoms with E-state index < -0.39 is 27.8 Å². The highest BCUT2D eigenvalue weighted by Crippen LogP contribution is 1.84. The largest absolute Gasteiger partial charge is 0.354 e. The predicted molar refractivity (Wildman–Crippen MR) is 51.3 cm³/mol. The summed E-state index contributed by atoms with van der Waals surface area (Å²) < 4.78 is 28.7. The Kier molecular flexibility index (Phi) is 5.30. The first-order valence-electron chi connectivity index (χ1n) is 3.46. The Morgan fingerprint density at radius 1 is 1.62 bits per heavy atom. The Morgan fingerprint density at radius 2 is 2.15 bits per heavy atom. The van der Waals surface area contributed by atoms with Gasteiger partial charge in [-0.05, 0) is 0 Å². The normalized spacial score (nSPS) is 13.8. The summed E-state index contributed by atoms with van der Waals surface area (Å²) in [7, 11) is -4.03. The zero-order valence-electron chi connectivity index (χ0n) is 6.80. The van der Waals surface area contributed by atoms with Gasteiger partial charge in [-0.1, -0.05) is 0 Å². The van der Waals surface area contributed by atoms with Crippen molar-refractivity contribution in [1.82, 2.24) is 5.32 Å². The third-order valence-electron chi connectivity index (χ3n) is 1.19. The van der Waals surface area contributed by atoms with E-state index in [1.807, 2.05) is 0 Å². The van der Waals surface area contributed by atoms with Gasteiger partial charge in [0, 0.05) is 12.3 Å². The molecular weight excluding hydrogens is 216 g/mol. The van der Waals surface area contributed by atoms with Gasteiger partial charge in [-0.15, -0.1) is 0 Å². The molecular formula is C5H12N2O4S2. The van der Waals surface area contributed by atoms with Crippen LogP contribution in [0.4, 0.5) is 0 Å². The van der Waals surface area contributed by atoms with Gasteiger partial charge in [0.15, 0.2) is 0 Å². The van der Waals surface area contributed by atoms with Crippen LogP contribution in [0.2, 0.25) is 0 Å². The molecule has 78 valence electrons. The van der Waals surface area contributed by atoms with Crippen molar-refractivity contribution in [3.8, 4) is 0 Å². The van der Waals surface area contributed by atoms with E-state index in [0.717, 1.165) is 0 Å². The van der Waals surface area contributed by atoms with E-state index in [-0.39, 0.29) is 12.3 Å². The van der Waals surface area contributed by atoms with Crippen LogP contribution in [-0.4, -0.2) is 43.0 Å². The topological polar surface area (TPSA) is 109 Å². The molecule has 13 heavy (non-hydrogen) atoms. The molecule has 4 N–H and O–H groups in total. The number of carbonyl (C=O) groups excluding carboxylic acids is 1. The van der Waals surface area contributed by atoms with E-state index in [1.54, 1.807) is 0 Å². The number of amides is 1. The smallest absolute Gasteiger partial charge is 0.266 e. The Hall–Kier alpha value is -0.310. The molecule has 0 aliphatic carbocycles. The van der Waals surface area contributed by atoms with Crippen LogP contribution in [-0.2, 0) is 14.9 Å². The Balaban J connectivity index is 3.72. The zero-order valence-corrected chi connectivity index (χ0v) is 8.51. The summed E-state index contributed by atoms with van der Waals surface area (Å²) in [5.41, 5.74) is 5.27. The lowest BCUT2D eigenvalue weighted by Gasteiger charge is -2.08. The molecule has 8 heteroatoms. The summed E-state index contributed by atoms with van der Waals surface area (Å²) in [5.74, 6) is -0.825. The SMILES string of the molecule is N[C@@H](CS)C(=O)NCCS(=O)(=O)O. The highest BCUT2D eigenvalue weighted by Gasteiger charge is 2.11. The van der Waals surface area contributed by atoms with Gasteiger partial charge in [-0.3, -0.25) is 9.35 Å². The summed E-state index contributed by atoms with van der Waals surface area (Å²) in [6.45, 7) is -0.154. The van der Waals surface area contributed by atoms with E-state index in [2.05, 4.69) is 17.9 Å². The van der Waals surface area contributed by atoms with E-state index in [1.165, 1.54) is 0 Å². The van der Waals surface area contributed by atoms with Crippen molar-refractivity contribution < 1.29 is 17.8 Å². The quantitative estimate of drug-likeness (QED) is 0.329. The van der Waals surface area contributed by atoms with Gasteiger partial charge < -0.3 is 11.1 Å². The van der Waals surface area contributed by atoms with Crippen molar-refractivity contribution in [2.24, 2.45) is 5.73 Å². The summed E-state index contributed by atoms with van der Waals surface area (Å²) in [5, 5.41) is 2.24. The fourth-order valence-corrected chi connectivity index (χ4v) is 1.04. The van der Waals surface area contributed by atoms with Crippen LogP contribution in [0, 0.1) is 0 Å². The van der Waals surface area contributed by atoms with Crippen molar-refractivity contribution >= 4 is 28.7 Å². The Morgan fingerprint density at radius 3 is 2.54 bits per heavy atom. The van der Waals surface area contributed by atoms with E-state index >= 15 is 0 Å². The monoisotopic (exact) mass is 228 g/mol. The van der Waals surface area contributed by atoms with Gasteiger partial charge >= 0.3 is 0 Å². The zero-order chi connectivity index (χ0) is 10.5. The van der Waals surface area contributed by atoms with Gasteiger partial charge in [-0.2, -0.15) is 21.0 Å². The molecule has 0 radical (unpaired) electrons. The van der Waals surface area contributed by atoms with E-state index in [9.17, 15) is 13.2 Å². The van der Waals surface area contributed by atoms with Crippen LogP contribution in [0.1, 0.15) is 0 Å². The molecule has 1 amide bonds. The highest BCUT2D eigenvalue weighted by atomic mass is 32.2. The van der Waals surface area contributed by atoms with Crippen molar-refractivity contribution in [2.45, 2.75) is 6.04 Å². The first-order chi connectivity index (χ1) is 5.87. The minimum absolute atomic E-state index is 0.154. The number of hydrogen-bond acceptors (Lipinski definition) is 5. The maximum atomic E-state index is 10.9. The first-order valence-corrected chi connectivity index (χ1v) is 5.70. The molecule has 0 aromatic carbocycles. The van der Waals surface area contributed by atoms with Gasteiger partial charge in [-0.25, -0.2) is 0 Å². The average molecular weight is 228 g/mol. The lowest BCUT2D eigenvalue weighted by atomic mass is 10.3. The maximum absolute atomic E-state index is 10.9. The second kappa shape index (κ2) is 5.43. The van der Waals surface area contributed by atoms with Gasteiger partial charge in [0.05, 0.1) is 11.8 Å². The molecule has 0 rings (SSSR count). The van der Waals surface area contributed by atoms with Crippen LogP contribution in [0.5, 0.6) is 0 Å². The van der Waals surface area contributed by atoms with E-state index in [4.69, 9.17) is 10.3 Å². The maximum Gasteiger partial charge on any atom is 0.266 e. The van der Waals surface area contributed by atoms with Crippen LogP contribution < -0.4 is 11.1 Å². The first kappa shape index (κ1) is 12.7. The molecule has 0 saturated carbocycles. The molecule has 0 fully saturated rings. The molecule has 6 nitrogen and oxygen atoms in total. The second-order valence-corrected chi connectivity index (χ2v) is 4.30. The van der Waals surface area contributed by atoms with Crippen molar-refractivity contribution in [1.29, 1.82) is 0 Å². The molecule has 0 unspecified atom stereocenters. The van der Waals surface area contributed by atoms with Crippen LogP contribution in [0.15, 0.2) is 0 Å². The number of rotatable bonds is 5. The molecule has 0 bridgehead atoms. The molecule has 0 aromatic heterocycles. The number of thiol groups is 1. The van der Waals surface area contributed by atoms with Crippen LogP contribution in [0.25, 0.3) is 0 Å². The second-order valence-electron chi connectivity index (χ2n) is 2.37. The van der Waals surface area contributed by atoms with Crippen molar-refractivity contribution in [3.05, 3.63) is 0 Å². The Bertz CT molecular complexity index is 264. The lowest BCUT2D eigenvalue weighted by Crippen LogP contribution is -2.43. The molecule has 0 aliphatic heterocycles. The molecule has 0 heterocycles. The van der Waals surface area contributed by atoms with Crippen molar-refractivity contribution in [3.63, 3.8) is 0 Å². The minimum Gasteiger partial charge on any atom is -0.354 e. The molecule has 0 spiro atoms.